The molecule has 0 bridgehead atoms. The van der Waals surface area contributed by atoms with Crippen molar-refractivity contribution < 1.29 is 14.2 Å². The van der Waals surface area contributed by atoms with E-state index in [0.717, 1.165) is 49.9 Å². The molecule has 2 aromatic heterocycles. The summed E-state index contributed by atoms with van der Waals surface area (Å²) in [6, 6.07) is 10.5. The Kier molecular flexibility index (Phi) is 3.75. The highest BCUT2D eigenvalue weighted by Gasteiger charge is 2.43. The van der Waals surface area contributed by atoms with Crippen LogP contribution in [0.1, 0.15) is 17.8 Å². The molecule has 28 heavy (non-hydrogen) atoms. The highest BCUT2D eigenvalue weighted by Crippen LogP contribution is 2.37. The topological polar surface area (TPSA) is 48.8 Å². The van der Waals surface area contributed by atoms with Gasteiger partial charge in [0.25, 0.3) is 0 Å². The molecule has 0 saturated carbocycles. The molecule has 1 aromatic carbocycles. The van der Waals surface area contributed by atoms with Crippen molar-refractivity contribution in [3.05, 3.63) is 53.3 Å². The zero-order valence-electron chi connectivity index (χ0n) is 15.5. The van der Waals surface area contributed by atoms with E-state index < -0.39 is 0 Å². The summed E-state index contributed by atoms with van der Waals surface area (Å²) in [6.07, 6.45) is 3.03. The van der Waals surface area contributed by atoms with Crippen molar-refractivity contribution in [2.24, 2.45) is 0 Å². The number of ether oxygens (including phenoxy) is 3. The van der Waals surface area contributed by atoms with Gasteiger partial charge in [0.2, 0.25) is 6.79 Å². The van der Waals surface area contributed by atoms with E-state index in [2.05, 4.69) is 44.1 Å². The number of rotatable bonds is 3. The Morgan fingerprint density at radius 2 is 2.11 bits per heavy atom. The third kappa shape index (κ3) is 2.73. The fourth-order valence-electron chi connectivity index (χ4n) is 4.48. The number of aromatic nitrogens is 2. The number of nitrogens with zero attached hydrogens (tertiary/aromatic N) is 3. The van der Waals surface area contributed by atoms with Crippen molar-refractivity contribution >= 4 is 11.3 Å². The van der Waals surface area contributed by atoms with Crippen molar-refractivity contribution in [2.75, 3.05) is 19.9 Å². The molecule has 6 rings (SSSR count). The van der Waals surface area contributed by atoms with Crippen molar-refractivity contribution in [1.82, 2.24) is 14.5 Å². The molecule has 6 nitrogen and oxygen atoms in total. The first kappa shape index (κ1) is 16.6. The molecule has 7 heteroatoms. The smallest absolute Gasteiger partial charge is 0.231 e. The van der Waals surface area contributed by atoms with Gasteiger partial charge in [-0.15, -0.1) is 11.3 Å². The quantitative estimate of drug-likeness (QED) is 0.679. The Bertz CT molecular complexity index is 1020. The maximum atomic E-state index is 6.36. The van der Waals surface area contributed by atoms with Crippen LogP contribution < -0.4 is 9.47 Å². The van der Waals surface area contributed by atoms with Crippen LogP contribution >= 0.6 is 11.3 Å². The molecule has 1 unspecified atom stereocenters. The second-order valence-corrected chi connectivity index (χ2v) is 8.69. The average molecular weight is 395 g/mol. The number of benzene rings is 1. The maximum absolute atomic E-state index is 6.36. The lowest BCUT2D eigenvalue weighted by Crippen LogP contribution is -2.44. The van der Waals surface area contributed by atoms with Gasteiger partial charge in [-0.2, -0.15) is 0 Å². The molecule has 1 fully saturated rings. The largest absolute Gasteiger partial charge is 0.454 e. The Morgan fingerprint density at radius 3 is 3.04 bits per heavy atom. The van der Waals surface area contributed by atoms with E-state index >= 15 is 0 Å². The molecule has 3 aliphatic rings. The molecule has 3 aliphatic heterocycles. The van der Waals surface area contributed by atoms with Crippen LogP contribution in [0.2, 0.25) is 0 Å². The Labute approximate surface area is 167 Å². The predicted molar refractivity (Wildman–Crippen MR) is 106 cm³/mol. The number of thiophene rings is 1. The van der Waals surface area contributed by atoms with E-state index in [4.69, 9.17) is 14.2 Å². The third-order valence-electron chi connectivity index (χ3n) is 5.90. The summed E-state index contributed by atoms with van der Waals surface area (Å²) in [5.74, 6) is 2.72. The summed E-state index contributed by atoms with van der Waals surface area (Å²) in [5.41, 5.74) is 2.33. The first-order valence-electron chi connectivity index (χ1n) is 9.61. The number of likely N-dealkylation sites (tertiary alicyclic amines) is 1. The Morgan fingerprint density at radius 1 is 1.14 bits per heavy atom. The lowest BCUT2D eigenvalue weighted by atomic mass is 10.0. The summed E-state index contributed by atoms with van der Waals surface area (Å²) in [7, 11) is 0. The van der Waals surface area contributed by atoms with Crippen LogP contribution in [-0.2, 0) is 24.4 Å². The van der Waals surface area contributed by atoms with Crippen LogP contribution in [0.15, 0.2) is 41.9 Å². The summed E-state index contributed by atoms with van der Waals surface area (Å²) in [5, 5.41) is 2.12. The standard InChI is InChI=1S/C21H21N3O3S/c1-2-19(28-7-1)16-9-22-20-11-27-21(13-24(16)20)5-6-23(12-21)10-15-3-4-17-18(8-15)26-14-25-17/h1-4,7-9H,5-6,10-14H2. The summed E-state index contributed by atoms with van der Waals surface area (Å²) < 4.78 is 19.7. The van der Waals surface area contributed by atoms with E-state index in [-0.39, 0.29) is 5.60 Å². The van der Waals surface area contributed by atoms with Crippen molar-refractivity contribution in [3.63, 3.8) is 0 Å². The summed E-state index contributed by atoms with van der Waals surface area (Å²) >= 11 is 1.76. The second-order valence-electron chi connectivity index (χ2n) is 7.74. The van der Waals surface area contributed by atoms with Crippen LogP contribution in [0.25, 0.3) is 10.6 Å². The van der Waals surface area contributed by atoms with Crippen molar-refractivity contribution in [1.29, 1.82) is 0 Å². The summed E-state index contributed by atoms with van der Waals surface area (Å²) in [4.78, 5) is 8.34. The van der Waals surface area contributed by atoms with E-state index in [9.17, 15) is 0 Å². The van der Waals surface area contributed by atoms with Crippen molar-refractivity contribution in [2.45, 2.75) is 31.7 Å². The zero-order chi connectivity index (χ0) is 18.6. The number of fused-ring (bicyclic) bond motifs is 2. The number of imidazole rings is 1. The van der Waals surface area contributed by atoms with Gasteiger partial charge in [-0.05, 0) is 35.6 Å². The van der Waals surface area contributed by atoms with E-state index in [1.807, 2.05) is 12.3 Å². The Hall–Kier alpha value is -2.35. The zero-order valence-corrected chi connectivity index (χ0v) is 16.3. The van der Waals surface area contributed by atoms with Gasteiger partial charge < -0.3 is 18.8 Å². The maximum Gasteiger partial charge on any atom is 0.231 e. The molecule has 144 valence electrons. The van der Waals surface area contributed by atoms with Gasteiger partial charge in [0.15, 0.2) is 11.5 Å². The number of hydrogen-bond donors (Lipinski definition) is 0. The molecule has 0 aliphatic carbocycles. The van der Waals surface area contributed by atoms with Gasteiger partial charge in [-0.1, -0.05) is 12.1 Å². The molecule has 1 spiro atoms. The van der Waals surface area contributed by atoms with E-state index in [0.29, 0.717) is 13.4 Å². The molecule has 5 heterocycles. The highest BCUT2D eigenvalue weighted by atomic mass is 32.1. The van der Waals surface area contributed by atoms with Gasteiger partial charge in [-0.25, -0.2) is 4.98 Å². The van der Waals surface area contributed by atoms with Gasteiger partial charge in [0.1, 0.15) is 18.0 Å². The normalized spacial score (nSPS) is 23.4. The van der Waals surface area contributed by atoms with E-state index in [1.165, 1.54) is 16.1 Å². The SMILES string of the molecule is c1csc(-c2cnc3n2CC2(CCN(Cc4ccc5c(c4)OCO5)C2)OC3)c1. The molecule has 0 radical (unpaired) electrons. The third-order valence-corrected chi connectivity index (χ3v) is 6.80. The molecule has 0 N–H and O–H groups in total. The van der Waals surface area contributed by atoms with Crippen LogP contribution in [0.4, 0.5) is 0 Å². The first-order chi connectivity index (χ1) is 13.8. The minimum atomic E-state index is -0.129. The van der Waals surface area contributed by atoms with Gasteiger partial charge in [0.05, 0.1) is 23.3 Å². The fourth-order valence-corrected chi connectivity index (χ4v) is 5.23. The van der Waals surface area contributed by atoms with Gasteiger partial charge in [0, 0.05) is 19.6 Å². The fraction of sp³-hybridized carbons (Fsp3) is 0.381. The van der Waals surface area contributed by atoms with Crippen LogP contribution in [-0.4, -0.2) is 39.9 Å². The molecular weight excluding hydrogens is 374 g/mol. The lowest BCUT2D eigenvalue weighted by Gasteiger charge is -2.35. The van der Waals surface area contributed by atoms with Crippen LogP contribution in [0.5, 0.6) is 11.5 Å². The monoisotopic (exact) mass is 395 g/mol. The molecule has 3 aromatic rings. The van der Waals surface area contributed by atoms with Gasteiger partial charge >= 0.3 is 0 Å². The first-order valence-corrected chi connectivity index (χ1v) is 10.5. The molecule has 1 saturated heterocycles. The van der Waals surface area contributed by atoms with Crippen molar-refractivity contribution in [3.8, 4) is 22.1 Å². The number of hydrogen-bond acceptors (Lipinski definition) is 6. The minimum absolute atomic E-state index is 0.129. The second kappa shape index (κ2) is 6.34. The molecule has 1 atom stereocenters. The Balaban J connectivity index is 1.20. The van der Waals surface area contributed by atoms with Crippen LogP contribution in [0.3, 0.4) is 0 Å². The summed E-state index contributed by atoms with van der Waals surface area (Å²) in [6.45, 7) is 4.64. The van der Waals surface area contributed by atoms with Gasteiger partial charge in [-0.3, -0.25) is 4.90 Å². The van der Waals surface area contributed by atoms with Crippen LogP contribution in [0, 0.1) is 0 Å². The lowest BCUT2D eigenvalue weighted by molar-refractivity contribution is -0.0821. The predicted octanol–water partition coefficient (Wildman–Crippen LogP) is 3.52. The minimum Gasteiger partial charge on any atom is -0.454 e. The average Bonchev–Trinajstić information content (AvgIpc) is 3.48. The van der Waals surface area contributed by atoms with E-state index in [1.54, 1.807) is 11.3 Å². The molecular formula is C21H21N3O3S. The molecule has 0 amide bonds. The highest BCUT2D eigenvalue weighted by molar-refractivity contribution is 7.13.